The van der Waals surface area contributed by atoms with Crippen molar-refractivity contribution in [2.24, 2.45) is 5.92 Å². The molecule has 1 saturated heterocycles. The van der Waals surface area contributed by atoms with Gasteiger partial charge in [-0.15, -0.1) is 0 Å². The molecule has 1 aliphatic heterocycles. The lowest BCUT2D eigenvalue weighted by Crippen LogP contribution is -2.59. The minimum absolute atomic E-state index is 0.00145. The third kappa shape index (κ3) is 3.17. The van der Waals surface area contributed by atoms with Crippen LogP contribution >= 0.6 is 15.9 Å². The molecule has 2 rings (SSSR count). The van der Waals surface area contributed by atoms with E-state index in [2.05, 4.69) is 21.2 Å². The smallest absolute Gasteiger partial charge is 0.243 e. The van der Waals surface area contributed by atoms with E-state index in [0.717, 1.165) is 0 Å². The Morgan fingerprint density at radius 3 is 2.70 bits per heavy atom. The molecule has 1 heterocycles. The highest BCUT2D eigenvalue weighted by atomic mass is 79.9. The maximum absolute atomic E-state index is 13.4. The van der Waals surface area contributed by atoms with Gasteiger partial charge in [0, 0.05) is 11.0 Å². The monoisotopic (exact) mass is 342 g/mol. The summed E-state index contributed by atoms with van der Waals surface area (Å²) in [4.78, 5) is 25.5. The number of benzene rings is 1. The lowest BCUT2D eigenvalue weighted by molar-refractivity contribution is -0.148. The van der Waals surface area contributed by atoms with Crippen LogP contribution in [0.25, 0.3) is 0 Å². The number of piperazine rings is 1. The van der Waals surface area contributed by atoms with Crippen LogP contribution in [0.5, 0.6) is 0 Å². The number of nitrogens with zero attached hydrogens (tertiary/aromatic N) is 1. The number of hydrogen-bond acceptors (Lipinski definition) is 2. The minimum Gasteiger partial charge on any atom is -0.345 e. The van der Waals surface area contributed by atoms with Crippen LogP contribution in [0, 0.1) is 11.7 Å². The number of nitrogens with one attached hydrogen (secondary N) is 1. The molecule has 0 radical (unpaired) electrons. The van der Waals surface area contributed by atoms with Crippen molar-refractivity contribution in [3.8, 4) is 0 Å². The molecule has 1 aliphatic rings. The Hall–Kier alpha value is -1.43. The van der Waals surface area contributed by atoms with E-state index in [1.54, 1.807) is 6.07 Å². The second kappa shape index (κ2) is 5.91. The van der Waals surface area contributed by atoms with Crippen molar-refractivity contribution >= 4 is 27.7 Å². The molecular formula is C14H16BrFN2O2. The quantitative estimate of drug-likeness (QED) is 0.914. The molecule has 2 amide bonds. The first-order valence-electron chi connectivity index (χ1n) is 6.40. The summed E-state index contributed by atoms with van der Waals surface area (Å²) in [6.07, 6.45) is 0. The van der Waals surface area contributed by atoms with Gasteiger partial charge in [-0.3, -0.25) is 9.59 Å². The molecule has 4 nitrogen and oxygen atoms in total. The Morgan fingerprint density at radius 2 is 2.10 bits per heavy atom. The van der Waals surface area contributed by atoms with Crippen LogP contribution in [0.1, 0.15) is 19.4 Å². The van der Waals surface area contributed by atoms with Gasteiger partial charge in [-0.2, -0.15) is 0 Å². The lowest BCUT2D eigenvalue weighted by Gasteiger charge is -2.37. The van der Waals surface area contributed by atoms with Gasteiger partial charge < -0.3 is 10.2 Å². The van der Waals surface area contributed by atoms with Gasteiger partial charge in [0.25, 0.3) is 0 Å². The second-order valence-corrected chi connectivity index (χ2v) is 6.12. The molecule has 0 bridgehead atoms. The van der Waals surface area contributed by atoms with Crippen LogP contribution in [-0.2, 0) is 16.1 Å². The maximum Gasteiger partial charge on any atom is 0.243 e. The third-order valence-corrected chi connectivity index (χ3v) is 3.70. The molecule has 1 aromatic carbocycles. The zero-order valence-corrected chi connectivity index (χ0v) is 12.9. The number of halogens is 2. The molecule has 0 spiro atoms. The molecule has 1 aromatic rings. The molecule has 1 N–H and O–H groups in total. The van der Waals surface area contributed by atoms with Crippen molar-refractivity contribution in [1.29, 1.82) is 0 Å². The Bertz CT molecular complexity index is 528. The van der Waals surface area contributed by atoms with Gasteiger partial charge >= 0.3 is 0 Å². The van der Waals surface area contributed by atoms with Gasteiger partial charge in [0.05, 0.1) is 6.54 Å². The third-order valence-electron chi connectivity index (χ3n) is 3.25. The summed E-state index contributed by atoms with van der Waals surface area (Å²) in [5.74, 6) is -0.681. The topological polar surface area (TPSA) is 49.4 Å². The summed E-state index contributed by atoms with van der Waals surface area (Å²) in [7, 11) is 0. The average Bonchev–Trinajstić information content (AvgIpc) is 2.32. The number of carbonyl (C=O) groups excluding carboxylic acids is 2. The lowest BCUT2D eigenvalue weighted by atomic mass is 9.98. The van der Waals surface area contributed by atoms with Crippen LogP contribution in [0.3, 0.4) is 0 Å². The summed E-state index contributed by atoms with van der Waals surface area (Å²) in [6.45, 7) is 4.00. The Morgan fingerprint density at radius 1 is 1.40 bits per heavy atom. The van der Waals surface area contributed by atoms with Gasteiger partial charge in [-0.25, -0.2) is 4.39 Å². The van der Waals surface area contributed by atoms with Gasteiger partial charge in [0.15, 0.2) is 0 Å². The van der Waals surface area contributed by atoms with Gasteiger partial charge in [-0.1, -0.05) is 29.8 Å². The first kappa shape index (κ1) is 15.0. The van der Waals surface area contributed by atoms with E-state index in [4.69, 9.17) is 0 Å². The highest BCUT2D eigenvalue weighted by molar-refractivity contribution is 9.10. The van der Waals surface area contributed by atoms with Gasteiger partial charge in [-0.05, 0) is 29.7 Å². The fourth-order valence-corrected chi connectivity index (χ4v) is 2.93. The number of amides is 2. The van der Waals surface area contributed by atoms with Crippen LogP contribution < -0.4 is 5.32 Å². The Balaban J connectivity index is 2.27. The van der Waals surface area contributed by atoms with Crippen molar-refractivity contribution in [1.82, 2.24) is 10.2 Å². The van der Waals surface area contributed by atoms with Gasteiger partial charge in [0.2, 0.25) is 11.8 Å². The number of hydrogen-bond donors (Lipinski definition) is 1. The van der Waals surface area contributed by atoms with E-state index in [0.29, 0.717) is 10.0 Å². The summed E-state index contributed by atoms with van der Waals surface area (Å²) >= 11 is 3.23. The second-order valence-electron chi connectivity index (χ2n) is 5.21. The van der Waals surface area contributed by atoms with E-state index in [1.165, 1.54) is 17.0 Å². The molecule has 6 heteroatoms. The molecule has 0 aromatic heterocycles. The summed E-state index contributed by atoms with van der Waals surface area (Å²) < 4.78 is 14.0. The van der Waals surface area contributed by atoms with E-state index in [-0.39, 0.29) is 36.6 Å². The predicted molar refractivity (Wildman–Crippen MR) is 76.3 cm³/mol. The maximum atomic E-state index is 13.4. The summed E-state index contributed by atoms with van der Waals surface area (Å²) in [5, 5.41) is 2.59. The molecule has 1 unspecified atom stereocenters. The average molecular weight is 343 g/mol. The van der Waals surface area contributed by atoms with Crippen molar-refractivity contribution in [2.45, 2.75) is 26.4 Å². The molecule has 20 heavy (non-hydrogen) atoms. The Labute approximate surface area is 125 Å². The SMILES string of the molecule is CC(C)C1C(=O)NCC(=O)N1Cc1cc(F)cc(Br)c1. The zero-order chi connectivity index (χ0) is 14.9. The molecule has 1 fully saturated rings. The molecule has 108 valence electrons. The number of rotatable bonds is 3. The van der Waals surface area contributed by atoms with E-state index >= 15 is 0 Å². The highest BCUT2D eigenvalue weighted by Gasteiger charge is 2.36. The van der Waals surface area contributed by atoms with Crippen molar-refractivity contribution in [3.63, 3.8) is 0 Å². The van der Waals surface area contributed by atoms with Crippen molar-refractivity contribution in [3.05, 3.63) is 34.1 Å². The zero-order valence-electron chi connectivity index (χ0n) is 11.3. The molecular weight excluding hydrogens is 327 g/mol. The first-order valence-corrected chi connectivity index (χ1v) is 7.20. The number of carbonyl (C=O) groups is 2. The summed E-state index contributed by atoms with van der Waals surface area (Å²) in [5.41, 5.74) is 0.658. The molecule has 0 aliphatic carbocycles. The van der Waals surface area contributed by atoms with Crippen molar-refractivity contribution in [2.75, 3.05) is 6.54 Å². The molecule has 1 atom stereocenters. The van der Waals surface area contributed by atoms with Crippen LogP contribution in [0.15, 0.2) is 22.7 Å². The standard InChI is InChI=1S/C14H16BrFN2O2/c1-8(2)13-14(20)17-6-12(19)18(13)7-9-3-10(15)5-11(16)4-9/h3-5,8,13H,6-7H2,1-2H3,(H,17,20). The van der Waals surface area contributed by atoms with Crippen LogP contribution in [0.2, 0.25) is 0 Å². The van der Waals surface area contributed by atoms with E-state index in [1.807, 2.05) is 13.8 Å². The molecule has 0 saturated carbocycles. The largest absolute Gasteiger partial charge is 0.345 e. The fraction of sp³-hybridized carbons (Fsp3) is 0.429. The summed E-state index contributed by atoms with van der Waals surface area (Å²) in [6, 6.07) is 3.97. The van der Waals surface area contributed by atoms with Crippen LogP contribution in [-0.4, -0.2) is 29.3 Å². The minimum atomic E-state index is -0.515. The predicted octanol–water partition coefficient (Wildman–Crippen LogP) is 2.07. The van der Waals surface area contributed by atoms with Crippen LogP contribution in [0.4, 0.5) is 4.39 Å². The first-order chi connectivity index (χ1) is 9.38. The van der Waals surface area contributed by atoms with E-state index in [9.17, 15) is 14.0 Å². The highest BCUT2D eigenvalue weighted by Crippen LogP contribution is 2.21. The Kier molecular flexibility index (Phi) is 4.42. The van der Waals surface area contributed by atoms with Crippen molar-refractivity contribution < 1.29 is 14.0 Å². The van der Waals surface area contributed by atoms with Gasteiger partial charge in [0.1, 0.15) is 11.9 Å². The fourth-order valence-electron chi connectivity index (χ4n) is 2.41. The normalized spacial score (nSPS) is 19.4. The van der Waals surface area contributed by atoms with E-state index < -0.39 is 6.04 Å².